The Kier molecular flexibility index (Phi) is 7.05. The predicted molar refractivity (Wildman–Crippen MR) is 146 cm³/mol. The zero-order chi connectivity index (χ0) is 26.7. The fourth-order valence-electron chi connectivity index (χ4n) is 5.33. The molecule has 2 aliphatic heterocycles. The molecule has 3 aromatic carbocycles. The summed E-state index contributed by atoms with van der Waals surface area (Å²) in [6.45, 7) is 3.16. The van der Waals surface area contributed by atoms with E-state index in [-0.39, 0.29) is 24.3 Å². The lowest BCUT2D eigenvalue weighted by Crippen LogP contribution is -2.57. The van der Waals surface area contributed by atoms with E-state index >= 15 is 0 Å². The number of methoxy groups -OCH3 is 1. The molecule has 0 atom stereocenters. The summed E-state index contributed by atoms with van der Waals surface area (Å²) in [4.78, 5) is 45.5. The number of anilines is 2. The van der Waals surface area contributed by atoms with Gasteiger partial charge < -0.3 is 24.8 Å². The third-order valence-corrected chi connectivity index (χ3v) is 7.47. The zero-order valence-corrected chi connectivity index (χ0v) is 21.7. The first-order chi connectivity index (χ1) is 18.4. The summed E-state index contributed by atoms with van der Waals surface area (Å²) >= 11 is 0. The van der Waals surface area contributed by atoms with Crippen molar-refractivity contribution >= 4 is 29.1 Å². The Hall–Kier alpha value is -4.33. The van der Waals surface area contributed by atoms with Gasteiger partial charge in [-0.25, -0.2) is 0 Å². The Bertz CT molecular complexity index is 1300. The molecule has 2 fully saturated rings. The van der Waals surface area contributed by atoms with Crippen molar-refractivity contribution in [3.8, 4) is 5.75 Å². The van der Waals surface area contributed by atoms with Crippen LogP contribution >= 0.6 is 0 Å². The highest BCUT2D eigenvalue weighted by Crippen LogP contribution is 2.39. The van der Waals surface area contributed by atoms with Crippen molar-refractivity contribution in [3.63, 3.8) is 0 Å². The first-order valence-electron chi connectivity index (χ1n) is 12.8. The number of rotatable bonds is 6. The van der Waals surface area contributed by atoms with Gasteiger partial charge in [0.1, 0.15) is 17.8 Å². The first-order valence-corrected chi connectivity index (χ1v) is 12.8. The molecule has 196 valence electrons. The van der Waals surface area contributed by atoms with Crippen LogP contribution < -0.4 is 15.0 Å². The van der Waals surface area contributed by atoms with E-state index in [0.717, 1.165) is 11.3 Å². The average molecular weight is 513 g/mol. The van der Waals surface area contributed by atoms with Gasteiger partial charge in [0.25, 0.3) is 11.8 Å². The van der Waals surface area contributed by atoms with Crippen LogP contribution in [0, 0.1) is 6.92 Å². The number of piperidine rings is 1. The summed E-state index contributed by atoms with van der Waals surface area (Å²) in [6, 6.07) is 24.5. The zero-order valence-electron chi connectivity index (χ0n) is 21.7. The Morgan fingerprint density at radius 3 is 2.21 bits per heavy atom. The van der Waals surface area contributed by atoms with E-state index in [0.29, 0.717) is 49.6 Å². The summed E-state index contributed by atoms with van der Waals surface area (Å²) in [6.07, 6.45) is 0.970. The van der Waals surface area contributed by atoms with E-state index in [4.69, 9.17) is 4.74 Å². The number of hydrogen-bond donors (Lipinski definition) is 1. The quantitative estimate of drug-likeness (QED) is 0.541. The van der Waals surface area contributed by atoms with Crippen LogP contribution in [0.15, 0.2) is 78.9 Å². The van der Waals surface area contributed by atoms with Crippen molar-refractivity contribution in [2.24, 2.45) is 0 Å². The van der Waals surface area contributed by atoms with E-state index in [1.54, 1.807) is 41.2 Å². The van der Waals surface area contributed by atoms with Crippen molar-refractivity contribution in [1.82, 2.24) is 9.80 Å². The summed E-state index contributed by atoms with van der Waals surface area (Å²) in [7, 11) is 1.59. The van der Waals surface area contributed by atoms with Gasteiger partial charge in [0.15, 0.2) is 0 Å². The second-order valence-electron chi connectivity index (χ2n) is 9.87. The Labute approximate surface area is 222 Å². The van der Waals surface area contributed by atoms with E-state index in [1.807, 2.05) is 61.5 Å². The Balaban J connectivity index is 1.32. The van der Waals surface area contributed by atoms with Crippen molar-refractivity contribution < 1.29 is 19.1 Å². The number of hydrogen-bond acceptors (Lipinski definition) is 5. The van der Waals surface area contributed by atoms with E-state index < -0.39 is 5.54 Å². The van der Waals surface area contributed by atoms with Crippen LogP contribution in [0.25, 0.3) is 0 Å². The minimum atomic E-state index is -0.803. The van der Waals surface area contributed by atoms with Gasteiger partial charge in [-0.1, -0.05) is 35.9 Å². The maximum absolute atomic E-state index is 13.9. The molecular weight excluding hydrogens is 480 g/mol. The number of carbonyl (C=O) groups excluding carboxylic acids is 3. The summed E-state index contributed by atoms with van der Waals surface area (Å²) < 4.78 is 5.20. The molecule has 1 N–H and O–H groups in total. The summed E-state index contributed by atoms with van der Waals surface area (Å²) in [5.41, 5.74) is 2.52. The second kappa shape index (κ2) is 10.6. The number of amides is 3. The van der Waals surface area contributed by atoms with Crippen LogP contribution in [0.1, 0.15) is 28.8 Å². The van der Waals surface area contributed by atoms with Crippen LogP contribution in [0.5, 0.6) is 5.75 Å². The Morgan fingerprint density at radius 1 is 0.921 bits per heavy atom. The second-order valence-corrected chi connectivity index (χ2v) is 9.87. The molecule has 2 aliphatic rings. The molecule has 0 bridgehead atoms. The highest BCUT2D eigenvalue weighted by Gasteiger charge is 2.54. The maximum Gasteiger partial charge on any atom is 0.253 e. The monoisotopic (exact) mass is 512 g/mol. The molecule has 0 aromatic heterocycles. The highest BCUT2D eigenvalue weighted by atomic mass is 16.5. The summed E-state index contributed by atoms with van der Waals surface area (Å²) in [5, 5.41) is 2.90. The normalized spacial score (nSPS) is 16.6. The third-order valence-electron chi connectivity index (χ3n) is 7.47. The number of aryl methyl sites for hydroxylation is 1. The molecule has 0 aliphatic carbocycles. The molecule has 0 unspecified atom stereocenters. The Morgan fingerprint density at radius 2 is 1.58 bits per heavy atom. The molecule has 0 radical (unpaired) electrons. The lowest BCUT2D eigenvalue weighted by molar-refractivity contribution is -0.136. The molecule has 38 heavy (non-hydrogen) atoms. The fraction of sp³-hybridized carbons (Fsp3) is 0.300. The average Bonchev–Trinajstić information content (AvgIpc) is 3.21. The lowest BCUT2D eigenvalue weighted by atomic mass is 9.85. The fourth-order valence-corrected chi connectivity index (χ4v) is 5.33. The molecule has 5 rings (SSSR count). The number of carbonyl (C=O) groups is 3. The van der Waals surface area contributed by atoms with Crippen LogP contribution in [0.2, 0.25) is 0 Å². The van der Waals surface area contributed by atoms with Crippen molar-refractivity contribution in [2.45, 2.75) is 25.3 Å². The molecule has 1 spiro atoms. The molecule has 2 saturated heterocycles. The number of para-hydroxylation sites is 1. The molecule has 2 heterocycles. The van der Waals surface area contributed by atoms with Crippen molar-refractivity contribution in [3.05, 3.63) is 90.0 Å². The van der Waals surface area contributed by atoms with Crippen molar-refractivity contribution in [2.75, 3.05) is 43.6 Å². The number of nitrogens with one attached hydrogen (secondary N) is 1. The topological polar surface area (TPSA) is 82.2 Å². The van der Waals surface area contributed by atoms with E-state index in [9.17, 15) is 14.4 Å². The van der Waals surface area contributed by atoms with Crippen LogP contribution in [0.3, 0.4) is 0 Å². The standard InChI is InChI=1S/C30H32N4O4/c1-22-8-12-24(13-9-22)31-27(35)20-33-21-34(25-6-4-3-5-7-25)30(29(33)37)16-18-32(19-17-30)28(36)23-10-14-26(38-2)15-11-23/h3-15H,16-21H2,1-2H3,(H,31,35). The highest BCUT2D eigenvalue weighted by molar-refractivity contribution is 6.00. The van der Waals surface area contributed by atoms with Gasteiger partial charge in [-0.05, 0) is 68.3 Å². The molecule has 0 saturated carbocycles. The van der Waals surface area contributed by atoms with E-state index in [1.165, 1.54) is 0 Å². The van der Waals surface area contributed by atoms with Gasteiger partial charge in [-0.3, -0.25) is 14.4 Å². The smallest absolute Gasteiger partial charge is 0.253 e. The minimum absolute atomic E-state index is 0.0354. The molecule has 3 amide bonds. The van der Waals surface area contributed by atoms with Gasteiger partial charge in [0.05, 0.1) is 13.8 Å². The minimum Gasteiger partial charge on any atom is -0.497 e. The maximum atomic E-state index is 13.9. The molecular formula is C30H32N4O4. The van der Waals surface area contributed by atoms with Gasteiger partial charge in [0.2, 0.25) is 5.91 Å². The van der Waals surface area contributed by atoms with Gasteiger partial charge in [-0.2, -0.15) is 0 Å². The lowest BCUT2D eigenvalue weighted by Gasteiger charge is -2.43. The number of ether oxygens (including phenoxy) is 1. The molecule has 8 nitrogen and oxygen atoms in total. The molecule has 3 aromatic rings. The van der Waals surface area contributed by atoms with Gasteiger partial charge in [0, 0.05) is 30.0 Å². The van der Waals surface area contributed by atoms with Crippen LogP contribution in [-0.2, 0) is 9.59 Å². The van der Waals surface area contributed by atoms with Gasteiger partial charge in [-0.15, -0.1) is 0 Å². The number of benzene rings is 3. The summed E-state index contributed by atoms with van der Waals surface area (Å²) in [5.74, 6) is 0.325. The predicted octanol–water partition coefficient (Wildman–Crippen LogP) is 3.92. The first kappa shape index (κ1) is 25.3. The van der Waals surface area contributed by atoms with Crippen LogP contribution in [-0.4, -0.2) is 66.5 Å². The largest absolute Gasteiger partial charge is 0.497 e. The van der Waals surface area contributed by atoms with Crippen molar-refractivity contribution in [1.29, 1.82) is 0 Å². The number of likely N-dealkylation sites (tertiary alicyclic amines) is 1. The SMILES string of the molecule is COc1ccc(C(=O)N2CCC3(CC2)C(=O)N(CC(=O)Nc2ccc(C)cc2)CN3c2ccccc2)cc1. The van der Waals surface area contributed by atoms with E-state index in [2.05, 4.69) is 10.2 Å². The van der Waals surface area contributed by atoms with Crippen LogP contribution in [0.4, 0.5) is 11.4 Å². The van der Waals surface area contributed by atoms with Gasteiger partial charge >= 0.3 is 0 Å². The third kappa shape index (κ3) is 4.94. The molecule has 8 heteroatoms. The number of nitrogens with zero attached hydrogens (tertiary/aromatic N) is 3.